The van der Waals surface area contributed by atoms with Crippen LogP contribution in [0, 0.1) is 0 Å². The second kappa shape index (κ2) is 4.67. The van der Waals surface area contributed by atoms with E-state index in [9.17, 15) is 4.79 Å². The summed E-state index contributed by atoms with van der Waals surface area (Å²) in [5.41, 5.74) is 0.723. The van der Waals surface area contributed by atoms with E-state index in [1.54, 1.807) is 6.07 Å². The molecule has 0 spiro atoms. The molecule has 1 unspecified atom stereocenters. The highest BCUT2D eigenvalue weighted by atomic mass is 16.5. The Hall–Kier alpha value is -1.33. The van der Waals surface area contributed by atoms with Crippen LogP contribution in [-0.2, 0) is 11.3 Å². The van der Waals surface area contributed by atoms with Crippen LogP contribution in [-0.4, -0.2) is 41.8 Å². The summed E-state index contributed by atoms with van der Waals surface area (Å²) in [6.45, 7) is 4.89. The number of carboxylic acid groups (broad SMARTS) is 1. The van der Waals surface area contributed by atoms with Gasteiger partial charge in [-0.1, -0.05) is 0 Å². The first-order valence-corrected chi connectivity index (χ1v) is 5.30. The molecule has 1 aliphatic heterocycles. The number of nitrogens with zero attached hydrogens (tertiary/aromatic N) is 1. The maximum atomic E-state index is 10.9. The van der Waals surface area contributed by atoms with E-state index in [-0.39, 0.29) is 5.76 Å². The number of hydrogen-bond acceptors (Lipinski definition) is 4. The lowest BCUT2D eigenvalue weighted by Gasteiger charge is -2.32. The van der Waals surface area contributed by atoms with Crippen molar-refractivity contribution in [3.8, 4) is 0 Å². The average Bonchev–Trinajstić information content (AvgIpc) is 2.69. The number of carboxylic acids is 1. The maximum Gasteiger partial charge on any atom is 0.372 e. The third-order valence-electron chi connectivity index (χ3n) is 2.82. The number of morpholine rings is 1. The molecule has 2 rings (SSSR count). The summed E-state index contributed by atoms with van der Waals surface area (Å²) in [5.74, 6) is -0.973. The van der Waals surface area contributed by atoms with E-state index in [4.69, 9.17) is 14.3 Å². The number of furan rings is 1. The zero-order chi connectivity index (χ0) is 11.5. The summed E-state index contributed by atoms with van der Waals surface area (Å²) in [5, 5.41) is 8.91. The molecular formula is C11H15NO4. The Morgan fingerprint density at radius 3 is 3.19 bits per heavy atom. The van der Waals surface area contributed by atoms with Crippen molar-refractivity contribution in [2.75, 3.05) is 19.8 Å². The van der Waals surface area contributed by atoms with Crippen LogP contribution in [0.15, 0.2) is 16.7 Å². The Balaban J connectivity index is 2.07. The second-order valence-electron chi connectivity index (χ2n) is 3.97. The van der Waals surface area contributed by atoms with Crippen molar-refractivity contribution in [2.45, 2.75) is 19.5 Å². The van der Waals surface area contributed by atoms with Gasteiger partial charge in [0.25, 0.3) is 0 Å². The number of aromatic carboxylic acids is 1. The first kappa shape index (κ1) is 11.2. The molecule has 1 saturated heterocycles. The minimum absolute atomic E-state index is 0.0405. The van der Waals surface area contributed by atoms with E-state index in [0.717, 1.165) is 12.1 Å². The van der Waals surface area contributed by atoms with Crippen molar-refractivity contribution in [1.29, 1.82) is 0 Å². The summed E-state index contributed by atoms with van der Waals surface area (Å²) in [6, 6.07) is 2.02. The fourth-order valence-corrected chi connectivity index (χ4v) is 1.86. The average molecular weight is 225 g/mol. The molecule has 0 bridgehead atoms. The lowest BCUT2D eigenvalue weighted by molar-refractivity contribution is -0.00463. The third-order valence-corrected chi connectivity index (χ3v) is 2.82. The lowest BCUT2D eigenvalue weighted by Crippen LogP contribution is -2.43. The summed E-state index contributed by atoms with van der Waals surface area (Å²) in [4.78, 5) is 13.1. The van der Waals surface area contributed by atoms with Crippen LogP contribution in [0.4, 0.5) is 0 Å². The molecule has 0 saturated carbocycles. The van der Waals surface area contributed by atoms with Gasteiger partial charge in [0.2, 0.25) is 5.76 Å². The Morgan fingerprint density at radius 2 is 2.50 bits per heavy atom. The monoisotopic (exact) mass is 225 g/mol. The first-order valence-electron chi connectivity index (χ1n) is 5.30. The topological polar surface area (TPSA) is 62.9 Å². The predicted molar refractivity (Wildman–Crippen MR) is 56.4 cm³/mol. The molecule has 5 heteroatoms. The van der Waals surface area contributed by atoms with Gasteiger partial charge in [0.15, 0.2) is 0 Å². The Labute approximate surface area is 93.6 Å². The van der Waals surface area contributed by atoms with E-state index >= 15 is 0 Å². The molecule has 0 aromatic carbocycles. The van der Waals surface area contributed by atoms with E-state index in [0.29, 0.717) is 25.8 Å². The highest BCUT2D eigenvalue weighted by Crippen LogP contribution is 2.16. The number of rotatable bonds is 3. The van der Waals surface area contributed by atoms with Crippen molar-refractivity contribution in [1.82, 2.24) is 4.90 Å². The standard InChI is InChI=1S/C11H15NO4/c1-8-7-15-5-3-12(8)6-9-2-4-16-10(9)11(13)14/h2,4,8H,3,5-7H2,1H3,(H,13,14). The normalized spacial score (nSPS) is 22.2. The zero-order valence-electron chi connectivity index (χ0n) is 9.18. The number of hydrogen-bond donors (Lipinski definition) is 1. The van der Waals surface area contributed by atoms with Gasteiger partial charge >= 0.3 is 5.97 Å². The van der Waals surface area contributed by atoms with Crippen molar-refractivity contribution < 1.29 is 19.1 Å². The highest BCUT2D eigenvalue weighted by Gasteiger charge is 2.22. The van der Waals surface area contributed by atoms with E-state index in [2.05, 4.69) is 11.8 Å². The Morgan fingerprint density at radius 1 is 1.69 bits per heavy atom. The van der Waals surface area contributed by atoms with Gasteiger partial charge in [-0.15, -0.1) is 0 Å². The molecule has 1 aromatic rings. The van der Waals surface area contributed by atoms with Gasteiger partial charge in [-0.2, -0.15) is 0 Å². The van der Waals surface area contributed by atoms with Crippen LogP contribution >= 0.6 is 0 Å². The highest BCUT2D eigenvalue weighted by molar-refractivity contribution is 5.86. The van der Waals surface area contributed by atoms with Crippen molar-refractivity contribution in [3.05, 3.63) is 23.7 Å². The van der Waals surface area contributed by atoms with Gasteiger partial charge in [0.1, 0.15) is 0 Å². The molecule has 0 radical (unpaired) electrons. The van der Waals surface area contributed by atoms with Crippen LogP contribution in [0.1, 0.15) is 23.0 Å². The largest absolute Gasteiger partial charge is 0.475 e. The van der Waals surface area contributed by atoms with Crippen LogP contribution in [0.5, 0.6) is 0 Å². The van der Waals surface area contributed by atoms with Crippen LogP contribution < -0.4 is 0 Å². The molecule has 88 valence electrons. The minimum atomic E-state index is -1.01. The number of carbonyl (C=O) groups is 1. The predicted octanol–water partition coefficient (Wildman–Crippen LogP) is 1.20. The van der Waals surface area contributed by atoms with Crippen LogP contribution in [0.2, 0.25) is 0 Å². The summed E-state index contributed by atoms with van der Waals surface area (Å²) in [6.07, 6.45) is 1.42. The van der Waals surface area contributed by atoms with Crippen molar-refractivity contribution in [2.24, 2.45) is 0 Å². The molecule has 5 nitrogen and oxygen atoms in total. The Kier molecular flexibility index (Phi) is 3.26. The molecular weight excluding hydrogens is 210 g/mol. The van der Waals surface area contributed by atoms with Crippen LogP contribution in [0.25, 0.3) is 0 Å². The van der Waals surface area contributed by atoms with Gasteiger partial charge in [-0.25, -0.2) is 4.79 Å². The quantitative estimate of drug-likeness (QED) is 0.837. The van der Waals surface area contributed by atoms with Gasteiger partial charge in [-0.3, -0.25) is 4.90 Å². The van der Waals surface area contributed by atoms with Crippen molar-refractivity contribution >= 4 is 5.97 Å². The van der Waals surface area contributed by atoms with Gasteiger partial charge in [0, 0.05) is 24.7 Å². The van der Waals surface area contributed by atoms with Gasteiger partial charge in [0.05, 0.1) is 19.5 Å². The Bertz CT molecular complexity index is 374. The molecule has 1 N–H and O–H groups in total. The molecule has 1 atom stereocenters. The molecule has 1 fully saturated rings. The zero-order valence-corrected chi connectivity index (χ0v) is 9.18. The summed E-state index contributed by atoms with van der Waals surface area (Å²) >= 11 is 0. The third kappa shape index (κ3) is 2.25. The number of ether oxygens (including phenoxy) is 1. The maximum absolute atomic E-state index is 10.9. The summed E-state index contributed by atoms with van der Waals surface area (Å²) < 4.78 is 10.3. The molecule has 1 aromatic heterocycles. The van der Waals surface area contributed by atoms with Gasteiger partial charge < -0.3 is 14.3 Å². The van der Waals surface area contributed by atoms with Crippen molar-refractivity contribution in [3.63, 3.8) is 0 Å². The van der Waals surface area contributed by atoms with Gasteiger partial charge in [-0.05, 0) is 13.0 Å². The smallest absolute Gasteiger partial charge is 0.372 e. The molecule has 16 heavy (non-hydrogen) atoms. The second-order valence-corrected chi connectivity index (χ2v) is 3.97. The summed E-state index contributed by atoms with van der Waals surface area (Å²) in [7, 11) is 0. The fraction of sp³-hybridized carbons (Fsp3) is 0.545. The molecule has 2 heterocycles. The minimum Gasteiger partial charge on any atom is -0.475 e. The van der Waals surface area contributed by atoms with Crippen LogP contribution in [0.3, 0.4) is 0 Å². The SMILES string of the molecule is CC1COCCN1Cc1ccoc1C(=O)O. The first-order chi connectivity index (χ1) is 7.68. The molecule has 1 aliphatic rings. The molecule has 0 aliphatic carbocycles. The fourth-order valence-electron chi connectivity index (χ4n) is 1.86. The van der Waals surface area contributed by atoms with E-state index in [1.807, 2.05) is 0 Å². The van der Waals surface area contributed by atoms with E-state index in [1.165, 1.54) is 6.26 Å². The molecule has 0 amide bonds. The van der Waals surface area contributed by atoms with E-state index < -0.39 is 5.97 Å². The lowest BCUT2D eigenvalue weighted by atomic mass is 10.2.